The van der Waals surface area contributed by atoms with Crippen LogP contribution in [0.2, 0.25) is 0 Å². The van der Waals surface area contributed by atoms with E-state index >= 15 is 0 Å². The number of carboxylic acids is 1. The standard InChI is InChI=1S/C16H23NO5S/c1-4-9-23(21,22)14-8-6-5-7-12(14)15(18)17-13(16(19)20)10-11(2)3/h5-8,11,13H,4,9-10H2,1-3H3,(H,17,18)(H,19,20)/t13-/m1/s1. The average molecular weight is 341 g/mol. The molecule has 0 bridgehead atoms. The zero-order chi connectivity index (χ0) is 17.6. The predicted octanol–water partition coefficient (Wildman–Crippen LogP) is 2.10. The van der Waals surface area contributed by atoms with Gasteiger partial charge in [0.1, 0.15) is 6.04 Å². The lowest BCUT2D eigenvalue weighted by atomic mass is 10.0. The highest BCUT2D eigenvalue weighted by molar-refractivity contribution is 7.91. The fourth-order valence-corrected chi connectivity index (χ4v) is 3.77. The Labute approximate surface area is 136 Å². The van der Waals surface area contributed by atoms with Crippen LogP contribution in [0.5, 0.6) is 0 Å². The normalized spacial score (nSPS) is 12.9. The minimum absolute atomic E-state index is 0.0176. The van der Waals surface area contributed by atoms with Gasteiger partial charge in [-0.2, -0.15) is 0 Å². The molecule has 1 rings (SSSR count). The number of sulfone groups is 1. The van der Waals surface area contributed by atoms with Crippen LogP contribution < -0.4 is 5.32 Å². The van der Waals surface area contributed by atoms with Gasteiger partial charge in [0.05, 0.1) is 16.2 Å². The molecule has 0 saturated carbocycles. The van der Waals surface area contributed by atoms with Crippen LogP contribution in [-0.2, 0) is 14.6 Å². The van der Waals surface area contributed by atoms with Crippen LogP contribution in [0.4, 0.5) is 0 Å². The molecule has 0 saturated heterocycles. The number of aliphatic carboxylic acids is 1. The summed E-state index contributed by atoms with van der Waals surface area (Å²) in [6.45, 7) is 5.44. The van der Waals surface area contributed by atoms with Crippen molar-refractivity contribution in [2.24, 2.45) is 5.92 Å². The number of carbonyl (C=O) groups excluding carboxylic acids is 1. The first-order valence-electron chi connectivity index (χ1n) is 7.54. The summed E-state index contributed by atoms with van der Waals surface area (Å²) in [7, 11) is -3.57. The Balaban J connectivity index is 3.12. The molecule has 0 heterocycles. The second-order valence-electron chi connectivity index (χ2n) is 5.81. The van der Waals surface area contributed by atoms with Gasteiger partial charge >= 0.3 is 5.97 Å². The Morgan fingerprint density at radius 2 is 1.83 bits per heavy atom. The molecule has 0 fully saturated rings. The molecule has 1 aromatic carbocycles. The Bertz CT molecular complexity index is 667. The molecule has 128 valence electrons. The Morgan fingerprint density at radius 1 is 1.22 bits per heavy atom. The first-order valence-corrected chi connectivity index (χ1v) is 9.19. The van der Waals surface area contributed by atoms with Crippen LogP contribution in [-0.4, -0.2) is 37.2 Å². The zero-order valence-corrected chi connectivity index (χ0v) is 14.4. The van der Waals surface area contributed by atoms with Crippen LogP contribution in [0.1, 0.15) is 44.0 Å². The molecule has 0 aliphatic heterocycles. The van der Waals surface area contributed by atoms with E-state index in [-0.39, 0.29) is 28.6 Å². The first-order chi connectivity index (χ1) is 10.7. The smallest absolute Gasteiger partial charge is 0.326 e. The third-order valence-electron chi connectivity index (χ3n) is 3.25. The third-order valence-corrected chi connectivity index (χ3v) is 5.22. The molecule has 0 unspecified atom stereocenters. The summed E-state index contributed by atoms with van der Waals surface area (Å²) in [6, 6.07) is 4.81. The molecule has 1 aromatic rings. The van der Waals surface area contributed by atoms with Gasteiger partial charge < -0.3 is 10.4 Å². The summed E-state index contributed by atoms with van der Waals surface area (Å²) in [5.41, 5.74) is -0.0176. The van der Waals surface area contributed by atoms with Crippen LogP contribution in [0.15, 0.2) is 29.2 Å². The number of amides is 1. The van der Waals surface area contributed by atoms with Crippen molar-refractivity contribution in [3.63, 3.8) is 0 Å². The van der Waals surface area contributed by atoms with E-state index in [0.29, 0.717) is 6.42 Å². The lowest BCUT2D eigenvalue weighted by Crippen LogP contribution is -2.42. The third kappa shape index (κ3) is 5.35. The molecule has 0 aliphatic carbocycles. The largest absolute Gasteiger partial charge is 0.480 e. The topological polar surface area (TPSA) is 101 Å². The highest BCUT2D eigenvalue weighted by atomic mass is 32.2. The number of nitrogens with one attached hydrogen (secondary N) is 1. The Morgan fingerprint density at radius 3 is 2.35 bits per heavy atom. The number of benzene rings is 1. The SMILES string of the molecule is CCCS(=O)(=O)c1ccccc1C(=O)N[C@H](CC(C)C)C(=O)O. The van der Waals surface area contributed by atoms with Gasteiger partial charge in [0, 0.05) is 0 Å². The minimum Gasteiger partial charge on any atom is -0.480 e. The van der Waals surface area contributed by atoms with Crippen LogP contribution in [0.3, 0.4) is 0 Å². The molecule has 1 amide bonds. The number of carbonyl (C=O) groups is 2. The van der Waals surface area contributed by atoms with Crippen molar-refractivity contribution in [2.75, 3.05) is 5.75 Å². The molecule has 1 atom stereocenters. The molecule has 23 heavy (non-hydrogen) atoms. The van der Waals surface area contributed by atoms with E-state index in [0.717, 1.165) is 0 Å². The predicted molar refractivity (Wildman–Crippen MR) is 87.1 cm³/mol. The fraction of sp³-hybridized carbons (Fsp3) is 0.500. The number of carboxylic acid groups (broad SMARTS) is 1. The van der Waals surface area contributed by atoms with Crippen molar-refractivity contribution < 1.29 is 23.1 Å². The second kappa shape index (κ2) is 8.10. The monoisotopic (exact) mass is 341 g/mol. The maximum Gasteiger partial charge on any atom is 0.326 e. The molecule has 0 aromatic heterocycles. The molecule has 0 spiro atoms. The molecule has 0 aliphatic rings. The van der Waals surface area contributed by atoms with Crippen molar-refractivity contribution in [1.29, 1.82) is 0 Å². The molecular formula is C16H23NO5S. The molecule has 6 nitrogen and oxygen atoms in total. The van der Waals surface area contributed by atoms with Crippen LogP contribution in [0.25, 0.3) is 0 Å². The lowest BCUT2D eigenvalue weighted by Gasteiger charge is -2.17. The summed E-state index contributed by atoms with van der Waals surface area (Å²) in [5, 5.41) is 11.6. The van der Waals surface area contributed by atoms with E-state index in [4.69, 9.17) is 0 Å². The van der Waals surface area contributed by atoms with Gasteiger partial charge in [-0.15, -0.1) is 0 Å². The van der Waals surface area contributed by atoms with Gasteiger partial charge in [-0.25, -0.2) is 13.2 Å². The summed E-state index contributed by atoms with van der Waals surface area (Å²) in [5.74, 6) is -1.81. The molecule has 7 heteroatoms. The molecular weight excluding hydrogens is 318 g/mol. The van der Waals surface area contributed by atoms with Crippen molar-refractivity contribution >= 4 is 21.7 Å². The van der Waals surface area contributed by atoms with Crippen LogP contribution in [0, 0.1) is 5.92 Å². The van der Waals surface area contributed by atoms with Gasteiger partial charge in [0.15, 0.2) is 9.84 Å². The highest BCUT2D eigenvalue weighted by Crippen LogP contribution is 2.18. The van der Waals surface area contributed by atoms with E-state index in [2.05, 4.69) is 5.32 Å². The lowest BCUT2D eigenvalue weighted by molar-refractivity contribution is -0.139. The van der Waals surface area contributed by atoms with Gasteiger partial charge in [-0.1, -0.05) is 32.9 Å². The quantitative estimate of drug-likeness (QED) is 0.754. The minimum atomic E-state index is -3.57. The molecule has 0 radical (unpaired) electrons. The number of rotatable bonds is 8. The van der Waals surface area contributed by atoms with Gasteiger partial charge in [-0.3, -0.25) is 4.79 Å². The summed E-state index contributed by atoms with van der Waals surface area (Å²) in [4.78, 5) is 23.6. The van der Waals surface area contributed by atoms with Gasteiger partial charge in [0.2, 0.25) is 0 Å². The van der Waals surface area contributed by atoms with E-state index < -0.39 is 27.8 Å². The Kier molecular flexibility index (Phi) is 6.75. The van der Waals surface area contributed by atoms with E-state index in [1.54, 1.807) is 19.1 Å². The zero-order valence-electron chi connectivity index (χ0n) is 13.6. The fourth-order valence-electron chi connectivity index (χ4n) is 2.23. The number of hydrogen-bond acceptors (Lipinski definition) is 4. The summed E-state index contributed by atoms with van der Waals surface area (Å²) >= 11 is 0. The molecule has 2 N–H and O–H groups in total. The van der Waals surface area contributed by atoms with Crippen LogP contribution >= 0.6 is 0 Å². The van der Waals surface area contributed by atoms with E-state index in [1.807, 2.05) is 13.8 Å². The summed E-state index contributed by atoms with van der Waals surface area (Å²) < 4.78 is 24.5. The summed E-state index contributed by atoms with van der Waals surface area (Å²) in [6.07, 6.45) is 0.703. The first kappa shape index (κ1) is 19.2. The van der Waals surface area contributed by atoms with E-state index in [1.165, 1.54) is 12.1 Å². The van der Waals surface area contributed by atoms with Gasteiger partial charge in [-0.05, 0) is 30.9 Å². The number of hydrogen-bond donors (Lipinski definition) is 2. The van der Waals surface area contributed by atoms with Crippen molar-refractivity contribution in [3.8, 4) is 0 Å². The van der Waals surface area contributed by atoms with Crippen molar-refractivity contribution in [1.82, 2.24) is 5.32 Å². The Hall–Kier alpha value is -1.89. The van der Waals surface area contributed by atoms with E-state index in [9.17, 15) is 23.1 Å². The highest BCUT2D eigenvalue weighted by Gasteiger charge is 2.26. The van der Waals surface area contributed by atoms with Crippen molar-refractivity contribution in [2.45, 2.75) is 44.6 Å². The van der Waals surface area contributed by atoms with Gasteiger partial charge in [0.25, 0.3) is 5.91 Å². The maximum atomic E-state index is 12.4. The average Bonchev–Trinajstić information content (AvgIpc) is 2.45. The maximum absolute atomic E-state index is 12.4. The second-order valence-corrected chi connectivity index (χ2v) is 7.89. The van der Waals surface area contributed by atoms with Crippen molar-refractivity contribution in [3.05, 3.63) is 29.8 Å².